The standard InChI is InChI=1S/C16H26FN/c1-5-6-14(12-18-16(2,3)4)11-13-7-9-15(17)10-8-13/h7-10,14,18H,5-6,11-12H2,1-4H3. The third-order valence-corrected chi connectivity index (χ3v) is 3.06. The smallest absolute Gasteiger partial charge is 0.123 e. The van der Waals surface area contributed by atoms with E-state index in [1.54, 1.807) is 12.1 Å². The van der Waals surface area contributed by atoms with Crippen LogP contribution in [0, 0.1) is 11.7 Å². The molecule has 0 spiro atoms. The molecule has 1 aromatic rings. The van der Waals surface area contributed by atoms with Gasteiger partial charge in [0.25, 0.3) is 0 Å². The van der Waals surface area contributed by atoms with Gasteiger partial charge in [0, 0.05) is 5.54 Å². The van der Waals surface area contributed by atoms with Crippen LogP contribution in [0.15, 0.2) is 24.3 Å². The molecule has 0 bridgehead atoms. The number of hydrogen-bond donors (Lipinski definition) is 1. The van der Waals surface area contributed by atoms with Gasteiger partial charge >= 0.3 is 0 Å². The lowest BCUT2D eigenvalue weighted by atomic mass is 9.94. The van der Waals surface area contributed by atoms with E-state index in [1.807, 2.05) is 12.1 Å². The molecule has 0 aliphatic heterocycles. The van der Waals surface area contributed by atoms with Crippen molar-refractivity contribution >= 4 is 0 Å². The van der Waals surface area contributed by atoms with Gasteiger partial charge in [-0.05, 0) is 63.8 Å². The van der Waals surface area contributed by atoms with E-state index in [-0.39, 0.29) is 11.4 Å². The first-order valence-corrected chi connectivity index (χ1v) is 6.90. The van der Waals surface area contributed by atoms with Crippen molar-refractivity contribution in [3.05, 3.63) is 35.6 Å². The van der Waals surface area contributed by atoms with Crippen molar-refractivity contribution in [2.24, 2.45) is 5.92 Å². The minimum atomic E-state index is -0.154. The Morgan fingerprint density at radius 3 is 2.28 bits per heavy atom. The second-order valence-electron chi connectivity index (χ2n) is 6.12. The number of nitrogens with one attached hydrogen (secondary N) is 1. The van der Waals surface area contributed by atoms with Gasteiger partial charge in [0.15, 0.2) is 0 Å². The van der Waals surface area contributed by atoms with Crippen LogP contribution < -0.4 is 5.32 Å². The molecule has 1 aromatic carbocycles. The molecule has 1 atom stereocenters. The monoisotopic (exact) mass is 251 g/mol. The van der Waals surface area contributed by atoms with E-state index in [1.165, 1.54) is 18.4 Å². The van der Waals surface area contributed by atoms with Gasteiger partial charge in [0.05, 0.1) is 0 Å². The molecule has 102 valence electrons. The van der Waals surface area contributed by atoms with Gasteiger partial charge in [0.2, 0.25) is 0 Å². The highest BCUT2D eigenvalue weighted by Crippen LogP contribution is 2.15. The lowest BCUT2D eigenvalue weighted by molar-refractivity contribution is 0.355. The van der Waals surface area contributed by atoms with E-state index in [0.717, 1.165) is 13.0 Å². The molecule has 0 aliphatic carbocycles. The van der Waals surface area contributed by atoms with Gasteiger partial charge < -0.3 is 5.32 Å². The molecule has 0 saturated carbocycles. The van der Waals surface area contributed by atoms with Crippen LogP contribution in [0.2, 0.25) is 0 Å². The maximum atomic E-state index is 12.9. The lowest BCUT2D eigenvalue weighted by Crippen LogP contribution is -2.39. The second-order valence-corrected chi connectivity index (χ2v) is 6.12. The van der Waals surface area contributed by atoms with Gasteiger partial charge in [-0.1, -0.05) is 25.5 Å². The molecule has 1 unspecified atom stereocenters. The Hall–Kier alpha value is -0.890. The van der Waals surface area contributed by atoms with Gasteiger partial charge in [-0.25, -0.2) is 4.39 Å². The van der Waals surface area contributed by atoms with Crippen molar-refractivity contribution in [2.75, 3.05) is 6.54 Å². The molecule has 1 N–H and O–H groups in total. The maximum absolute atomic E-state index is 12.9. The van der Waals surface area contributed by atoms with E-state index in [9.17, 15) is 4.39 Å². The van der Waals surface area contributed by atoms with Gasteiger partial charge in [-0.3, -0.25) is 0 Å². The van der Waals surface area contributed by atoms with Crippen molar-refractivity contribution in [3.63, 3.8) is 0 Å². The molecule has 18 heavy (non-hydrogen) atoms. The molecule has 0 amide bonds. The predicted molar refractivity (Wildman–Crippen MR) is 76.3 cm³/mol. The summed E-state index contributed by atoms with van der Waals surface area (Å²) in [4.78, 5) is 0. The fraction of sp³-hybridized carbons (Fsp3) is 0.625. The summed E-state index contributed by atoms with van der Waals surface area (Å²) < 4.78 is 12.9. The average molecular weight is 251 g/mol. The fourth-order valence-corrected chi connectivity index (χ4v) is 2.09. The van der Waals surface area contributed by atoms with E-state index >= 15 is 0 Å². The number of hydrogen-bond acceptors (Lipinski definition) is 1. The lowest BCUT2D eigenvalue weighted by Gasteiger charge is -2.25. The average Bonchev–Trinajstić information content (AvgIpc) is 2.28. The topological polar surface area (TPSA) is 12.0 Å². The third-order valence-electron chi connectivity index (χ3n) is 3.06. The van der Waals surface area contributed by atoms with Crippen LogP contribution in [0.4, 0.5) is 4.39 Å². The number of rotatable bonds is 6. The van der Waals surface area contributed by atoms with Crippen LogP contribution in [0.1, 0.15) is 46.1 Å². The molecule has 2 heteroatoms. The summed E-state index contributed by atoms with van der Waals surface area (Å²) in [5.41, 5.74) is 1.39. The normalized spacial score (nSPS) is 13.6. The summed E-state index contributed by atoms with van der Waals surface area (Å²) in [5, 5.41) is 3.56. The predicted octanol–water partition coefficient (Wildman–Crippen LogP) is 4.17. The quantitative estimate of drug-likeness (QED) is 0.800. The Morgan fingerprint density at radius 2 is 1.78 bits per heavy atom. The van der Waals surface area contributed by atoms with Crippen LogP contribution in [0.25, 0.3) is 0 Å². The molecule has 0 aromatic heterocycles. The highest BCUT2D eigenvalue weighted by molar-refractivity contribution is 5.16. The number of halogens is 1. The minimum Gasteiger partial charge on any atom is -0.312 e. The highest BCUT2D eigenvalue weighted by Gasteiger charge is 2.14. The summed E-state index contributed by atoms with van der Waals surface area (Å²) >= 11 is 0. The van der Waals surface area contributed by atoms with Crippen molar-refractivity contribution in [1.82, 2.24) is 5.32 Å². The zero-order valence-corrected chi connectivity index (χ0v) is 12.1. The first-order valence-electron chi connectivity index (χ1n) is 6.90. The van der Waals surface area contributed by atoms with Crippen molar-refractivity contribution in [2.45, 2.75) is 52.5 Å². The molecule has 0 fully saturated rings. The molecule has 0 saturated heterocycles. The first-order chi connectivity index (χ1) is 8.40. The summed E-state index contributed by atoms with van der Waals surface area (Å²) in [6, 6.07) is 6.90. The Kier molecular flexibility index (Phi) is 5.80. The van der Waals surface area contributed by atoms with E-state index < -0.39 is 0 Å². The van der Waals surface area contributed by atoms with Crippen molar-refractivity contribution in [1.29, 1.82) is 0 Å². The van der Waals surface area contributed by atoms with Crippen LogP contribution in [-0.2, 0) is 6.42 Å². The zero-order valence-electron chi connectivity index (χ0n) is 12.1. The molecule has 0 aliphatic rings. The SMILES string of the molecule is CCCC(CNC(C)(C)C)Cc1ccc(F)cc1. The van der Waals surface area contributed by atoms with Crippen molar-refractivity contribution < 1.29 is 4.39 Å². The van der Waals surface area contributed by atoms with Crippen LogP contribution in [0.3, 0.4) is 0 Å². The summed E-state index contributed by atoms with van der Waals surface area (Å²) in [6.07, 6.45) is 3.43. The zero-order chi connectivity index (χ0) is 13.6. The summed E-state index contributed by atoms with van der Waals surface area (Å²) in [6.45, 7) is 9.80. The molecule has 0 heterocycles. The largest absolute Gasteiger partial charge is 0.312 e. The molecule has 1 nitrogen and oxygen atoms in total. The molecular weight excluding hydrogens is 225 g/mol. The fourth-order valence-electron chi connectivity index (χ4n) is 2.09. The van der Waals surface area contributed by atoms with Crippen LogP contribution >= 0.6 is 0 Å². The second kappa shape index (κ2) is 6.89. The Balaban J connectivity index is 2.54. The van der Waals surface area contributed by atoms with Gasteiger partial charge in [0.1, 0.15) is 5.82 Å². The van der Waals surface area contributed by atoms with Crippen molar-refractivity contribution in [3.8, 4) is 0 Å². The van der Waals surface area contributed by atoms with Crippen LogP contribution in [-0.4, -0.2) is 12.1 Å². The Bertz CT molecular complexity index is 337. The van der Waals surface area contributed by atoms with Gasteiger partial charge in [-0.15, -0.1) is 0 Å². The summed E-state index contributed by atoms with van der Waals surface area (Å²) in [7, 11) is 0. The van der Waals surface area contributed by atoms with E-state index in [0.29, 0.717) is 5.92 Å². The van der Waals surface area contributed by atoms with E-state index in [4.69, 9.17) is 0 Å². The molecule has 1 rings (SSSR count). The van der Waals surface area contributed by atoms with E-state index in [2.05, 4.69) is 33.0 Å². The summed E-state index contributed by atoms with van der Waals surface area (Å²) in [5.74, 6) is 0.471. The molecule has 0 radical (unpaired) electrons. The maximum Gasteiger partial charge on any atom is 0.123 e. The van der Waals surface area contributed by atoms with Gasteiger partial charge in [-0.2, -0.15) is 0 Å². The van der Waals surface area contributed by atoms with Crippen LogP contribution in [0.5, 0.6) is 0 Å². The first kappa shape index (κ1) is 15.2. The highest BCUT2D eigenvalue weighted by atomic mass is 19.1. The Labute approximate surface area is 111 Å². The molecular formula is C16H26FN. The number of benzene rings is 1. The third kappa shape index (κ3) is 6.15. The Morgan fingerprint density at radius 1 is 1.17 bits per heavy atom. The minimum absolute atomic E-state index is 0.154.